The second kappa shape index (κ2) is 6.68. The Balaban J connectivity index is 1.72. The molecule has 0 saturated carbocycles. The van der Waals surface area contributed by atoms with Crippen molar-refractivity contribution in [2.45, 2.75) is 19.8 Å². The van der Waals surface area contributed by atoms with Gasteiger partial charge < -0.3 is 10.1 Å². The van der Waals surface area contributed by atoms with Crippen LogP contribution in [0, 0.1) is 12.8 Å². The Bertz CT molecular complexity index is 580. The predicted molar refractivity (Wildman–Crippen MR) is 84.2 cm³/mol. The molecule has 2 aromatic rings. The van der Waals surface area contributed by atoms with Gasteiger partial charge in [0.1, 0.15) is 5.82 Å². The van der Waals surface area contributed by atoms with Gasteiger partial charge in [0.05, 0.1) is 0 Å². The topological polar surface area (TPSA) is 47.0 Å². The van der Waals surface area contributed by atoms with Gasteiger partial charge in [-0.3, -0.25) is 0 Å². The second-order valence-corrected chi connectivity index (χ2v) is 5.52. The van der Waals surface area contributed by atoms with E-state index in [1.807, 2.05) is 43.3 Å². The molecule has 0 aliphatic carbocycles. The number of hydrogen-bond acceptors (Lipinski definition) is 4. The summed E-state index contributed by atoms with van der Waals surface area (Å²) in [6.45, 7) is 4.72. The molecule has 1 aromatic carbocycles. The van der Waals surface area contributed by atoms with Crippen LogP contribution in [0.3, 0.4) is 0 Å². The maximum Gasteiger partial charge on any atom is 0.161 e. The highest BCUT2D eigenvalue weighted by Gasteiger charge is 2.14. The van der Waals surface area contributed by atoms with E-state index in [0.717, 1.165) is 55.5 Å². The third kappa shape index (κ3) is 3.79. The number of ether oxygens (including phenoxy) is 1. The van der Waals surface area contributed by atoms with Gasteiger partial charge in [-0.25, -0.2) is 9.97 Å². The van der Waals surface area contributed by atoms with Gasteiger partial charge in [-0.1, -0.05) is 30.3 Å². The SMILES string of the molecule is Cc1cc(NCC2CCOCC2)nc(-c2ccccc2)n1. The maximum atomic E-state index is 5.39. The van der Waals surface area contributed by atoms with E-state index in [-0.39, 0.29) is 0 Å². The van der Waals surface area contributed by atoms with Gasteiger partial charge in [0.2, 0.25) is 0 Å². The molecular formula is C17H21N3O. The maximum absolute atomic E-state index is 5.39. The minimum Gasteiger partial charge on any atom is -0.381 e. The molecule has 1 aliphatic heterocycles. The van der Waals surface area contributed by atoms with Gasteiger partial charge in [-0.2, -0.15) is 0 Å². The van der Waals surface area contributed by atoms with E-state index in [0.29, 0.717) is 5.92 Å². The molecule has 1 saturated heterocycles. The fourth-order valence-electron chi connectivity index (χ4n) is 2.57. The fourth-order valence-corrected chi connectivity index (χ4v) is 2.57. The average molecular weight is 283 g/mol. The van der Waals surface area contributed by atoms with Crippen molar-refractivity contribution >= 4 is 5.82 Å². The molecule has 21 heavy (non-hydrogen) atoms. The van der Waals surface area contributed by atoms with Crippen LogP contribution in [0.5, 0.6) is 0 Å². The fraction of sp³-hybridized carbons (Fsp3) is 0.412. The van der Waals surface area contributed by atoms with Gasteiger partial charge in [0.25, 0.3) is 0 Å². The van der Waals surface area contributed by atoms with E-state index in [1.54, 1.807) is 0 Å². The monoisotopic (exact) mass is 283 g/mol. The molecule has 4 nitrogen and oxygen atoms in total. The third-order valence-corrected chi connectivity index (χ3v) is 3.80. The summed E-state index contributed by atoms with van der Waals surface area (Å²) in [5, 5.41) is 3.46. The summed E-state index contributed by atoms with van der Waals surface area (Å²) in [6.07, 6.45) is 2.26. The highest BCUT2D eigenvalue weighted by Crippen LogP contribution is 2.19. The molecule has 0 amide bonds. The van der Waals surface area contributed by atoms with Crippen LogP contribution in [0.1, 0.15) is 18.5 Å². The predicted octanol–water partition coefficient (Wildman–Crippen LogP) is 3.29. The average Bonchev–Trinajstić information content (AvgIpc) is 2.54. The molecule has 0 atom stereocenters. The molecule has 0 unspecified atom stereocenters. The van der Waals surface area contributed by atoms with Crippen molar-refractivity contribution in [1.82, 2.24) is 9.97 Å². The molecule has 3 rings (SSSR count). The molecule has 1 aromatic heterocycles. The molecular weight excluding hydrogens is 262 g/mol. The first kappa shape index (κ1) is 14.0. The summed E-state index contributed by atoms with van der Waals surface area (Å²) in [5.41, 5.74) is 2.04. The molecule has 1 fully saturated rings. The summed E-state index contributed by atoms with van der Waals surface area (Å²) in [4.78, 5) is 9.16. The van der Waals surface area contributed by atoms with Crippen LogP contribution in [0.2, 0.25) is 0 Å². The van der Waals surface area contributed by atoms with Gasteiger partial charge in [-0.05, 0) is 25.7 Å². The van der Waals surface area contributed by atoms with Crippen LogP contribution in [-0.4, -0.2) is 29.7 Å². The zero-order valence-electron chi connectivity index (χ0n) is 12.4. The van der Waals surface area contributed by atoms with E-state index in [2.05, 4.69) is 15.3 Å². The molecule has 0 spiro atoms. The summed E-state index contributed by atoms with van der Waals surface area (Å²) in [5.74, 6) is 2.37. The Morgan fingerprint density at radius 2 is 1.90 bits per heavy atom. The van der Waals surface area contributed by atoms with E-state index in [9.17, 15) is 0 Å². The van der Waals surface area contributed by atoms with Crippen molar-refractivity contribution in [3.63, 3.8) is 0 Å². The number of benzene rings is 1. The van der Waals surface area contributed by atoms with Gasteiger partial charge in [0, 0.05) is 37.1 Å². The Labute approximate surface area is 125 Å². The number of hydrogen-bond donors (Lipinski definition) is 1. The zero-order valence-corrected chi connectivity index (χ0v) is 12.4. The normalized spacial score (nSPS) is 15.9. The lowest BCUT2D eigenvalue weighted by atomic mass is 10.0. The highest BCUT2D eigenvalue weighted by atomic mass is 16.5. The molecule has 0 bridgehead atoms. The molecule has 110 valence electrons. The largest absolute Gasteiger partial charge is 0.381 e. The summed E-state index contributed by atoms with van der Waals surface area (Å²) in [7, 11) is 0. The van der Waals surface area contributed by atoms with Gasteiger partial charge >= 0.3 is 0 Å². The summed E-state index contributed by atoms with van der Waals surface area (Å²) < 4.78 is 5.39. The quantitative estimate of drug-likeness (QED) is 0.935. The van der Waals surface area contributed by atoms with E-state index >= 15 is 0 Å². The minimum atomic E-state index is 0.675. The standard InChI is InChI=1S/C17H21N3O/c1-13-11-16(18-12-14-7-9-21-10-8-14)20-17(19-13)15-5-3-2-4-6-15/h2-6,11,14H,7-10,12H2,1H3,(H,18,19,20). The van der Waals surface area contributed by atoms with Crippen LogP contribution in [0.4, 0.5) is 5.82 Å². The summed E-state index contributed by atoms with van der Waals surface area (Å²) >= 11 is 0. The van der Waals surface area contributed by atoms with Crippen LogP contribution in [0.25, 0.3) is 11.4 Å². The Hall–Kier alpha value is -1.94. The first-order valence-electron chi connectivity index (χ1n) is 7.54. The van der Waals surface area contributed by atoms with Crippen molar-refractivity contribution in [1.29, 1.82) is 0 Å². The lowest BCUT2D eigenvalue weighted by Crippen LogP contribution is -2.23. The lowest BCUT2D eigenvalue weighted by molar-refractivity contribution is 0.0699. The number of nitrogens with zero attached hydrogens (tertiary/aromatic N) is 2. The Kier molecular flexibility index (Phi) is 4.46. The molecule has 4 heteroatoms. The number of aromatic nitrogens is 2. The number of anilines is 1. The second-order valence-electron chi connectivity index (χ2n) is 5.52. The highest BCUT2D eigenvalue weighted by molar-refractivity contribution is 5.57. The van der Waals surface area contributed by atoms with E-state index in [1.165, 1.54) is 0 Å². The van der Waals surface area contributed by atoms with Crippen molar-refractivity contribution < 1.29 is 4.74 Å². The minimum absolute atomic E-state index is 0.675. The lowest BCUT2D eigenvalue weighted by Gasteiger charge is -2.22. The van der Waals surface area contributed by atoms with Crippen LogP contribution in [-0.2, 0) is 4.74 Å². The van der Waals surface area contributed by atoms with Crippen molar-refractivity contribution in [2.24, 2.45) is 5.92 Å². The van der Waals surface area contributed by atoms with Crippen LogP contribution in [0.15, 0.2) is 36.4 Å². The van der Waals surface area contributed by atoms with Crippen molar-refractivity contribution in [3.8, 4) is 11.4 Å². The smallest absolute Gasteiger partial charge is 0.161 e. The van der Waals surface area contributed by atoms with Crippen molar-refractivity contribution in [3.05, 3.63) is 42.1 Å². The Morgan fingerprint density at radius 3 is 2.67 bits per heavy atom. The molecule has 2 heterocycles. The number of rotatable bonds is 4. The van der Waals surface area contributed by atoms with Crippen LogP contribution >= 0.6 is 0 Å². The first-order valence-corrected chi connectivity index (χ1v) is 7.54. The summed E-state index contributed by atoms with van der Waals surface area (Å²) in [6, 6.07) is 12.1. The molecule has 1 aliphatic rings. The first-order chi connectivity index (χ1) is 10.3. The number of aryl methyl sites for hydroxylation is 1. The third-order valence-electron chi connectivity index (χ3n) is 3.80. The zero-order chi connectivity index (χ0) is 14.5. The molecule has 1 N–H and O–H groups in total. The van der Waals surface area contributed by atoms with Gasteiger partial charge in [-0.15, -0.1) is 0 Å². The van der Waals surface area contributed by atoms with E-state index < -0.39 is 0 Å². The number of nitrogens with one attached hydrogen (secondary N) is 1. The van der Waals surface area contributed by atoms with Crippen LogP contribution < -0.4 is 5.32 Å². The molecule has 0 radical (unpaired) electrons. The van der Waals surface area contributed by atoms with Gasteiger partial charge in [0.15, 0.2) is 5.82 Å². The van der Waals surface area contributed by atoms with E-state index in [4.69, 9.17) is 4.74 Å². The van der Waals surface area contributed by atoms with Crippen molar-refractivity contribution in [2.75, 3.05) is 25.1 Å². The Morgan fingerprint density at radius 1 is 1.14 bits per heavy atom.